The summed E-state index contributed by atoms with van der Waals surface area (Å²) < 4.78 is 35.9. The number of aromatic nitrogens is 2. The number of hydrogen-bond donors (Lipinski definition) is 3. The Morgan fingerprint density at radius 1 is 1.40 bits per heavy atom. The molecule has 0 bridgehead atoms. The van der Waals surface area contributed by atoms with Crippen LogP contribution in [0.15, 0.2) is 17.3 Å². The molecule has 0 aromatic carbocycles. The quantitative estimate of drug-likeness (QED) is 0.414. The van der Waals surface area contributed by atoms with Gasteiger partial charge in [0.15, 0.2) is 5.96 Å². The zero-order valence-corrected chi connectivity index (χ0v) is 10.7. The molecule has 0 aliphatic carbocycles. The molecule has 0 amide bonds. The zero-order valence-electron chi connectivity index (χ0n) is 10.7. The molecule has 0 aliphatic heterocycles. The molecule has 0 radical (unpaired) electrons. The molecule has 1 rings (SSSR count). The van der Waals surface area contributed by atoms with Crippen LogP contribution in [0.25, 0.3) is 0 Å². The molecule has 1 aromatic rings. The maximum Gasteiger partial charge on any atom is 0.408 e. The molecule has 9 heteroatoms. The number of aliphatic imine (C=N–C) groups is 1. The predicted molar refractivity (Wildman–Crippen MR) is 68.2 cm³/mol. The Hall–Kier alpha value is -1.90. The van der Waals surface area contributed by atoms with Crippen LogP contribution in [-0.4, -0.2) is 40.4 Å². The highest BCUT2D eigenvalue weighted by Gasteiger charge is 2.26. The minimum atomic E-state index is -4.40. The number of nitrogens with two attached hydrogens (primary N) is 1. The predicted octanol–water partition coefficient (Wildman–Crippen LogP) is 1.08. The lowest BCUT2D eigenvalue weighted by molar-refractivity contribution is -0.118. The SMILES string of the molecule is NC(=NCC(F)(F)F)Nc1ccnc(CCCCO)n1. The summed E-state index contributed by atoms with van der Waals surface area (Å²) in [6.45, 7) is -1.25. The third-order valence-corrected chi connectivity index (χ3v) is 2.20. The van der Waals surface area contributed by atoms with E-state index in [-0.39, 0.29) is 18.4 Å². The van der Waals surface area contributed by atoms with Crippen molar-refractivity contribution in [2.45, 2.75) is 25.4 Å². The Kier molecular flexibility index (Phi) is 6.16. The van der Waals surface area contributed by atoms with Crippen LogP contribution in [0.3, 0.4) is 0 Å². The summed E-state index contributed by atoms with van der Waals surface area (Å²) in [4.78, 5) is 11.3. The molecule has 0 saturated carbocycles. The maximum absolute atomic E-state index is 12.0. The fourth-order valence-corrected chi connectivity index (χ4v) is 1.33. The summed E-state index contributed by atoms with van der Waals surface area (Å²) in [7, 11) is 0. The highest BCUT2D eigenvalue weighted by Crippen LogP contribution is 2.14. The monoisotopic (exact) mass is 291 g/mol. The lowest BCUT2D eigenvalue weighted by atomic mass is 10.2. The molecule has 0 spiro atoms. The number of anilines is 1. The Morgan fingerprint density at radius 3 is 2.80 bits per heavy atom. The van der Waals surface area contributed by atoms with Gasteiger partial charge in [0.25, 0.3) is 0 Å². The van der Waals surface area contributed by atoms with Crippen LogP contribution >= 0.6 is 0 Å². The van der Waals surface area contributed by atoms with Gasteiger partial charge < -0.3 is 16.2 Å². The standard InChI is InChI=1S/C11H16F3N5O/c12-11(13,14)7-17-10(15)19-9-4-5-16-8(18-9)3-1-2-6-20/h4-5,20H,1-3,6-7H2,(H3,15,16,17,18,19). The molecule has 1 heterocycles. The van der Waals surface area contributed by atoms with Gasteiger partial charge in [-0.15, -0.1) is 0 Å². The fourth-order valence-electron chi connectivity index (χ4n) is 1.33. The van der Waals surface area contributed by atoms with E-state index in [2.05, 4.69) is 20.3 Å². The first kappa shape index (κ1) is 16.2. The van der Waals surface area contributed by atoms with Crippen molar-refractivity contribution in [2.75, 3.05) is 18.5 Å². The lowest BCUT2D eigenvalue weighted by Gasteiger charge is -2.07. The minimum Gasteiger partial charge on any atom is -0.396 e. The smallest absolute Gasteiger partial charge is 0.396 e. The molecular weight excluding hydrogens is 275 g/mol. The first-order chi connectivity index (χ1) is 9.40. The van der Waals surface area contributed by atoms with Crippen molar-refractivity contribution in [2.24, 2.45) is 10.7 Å². The number of aliphatic hydroxyl groups is 1. The first-order valence-electron chi connectivity index (χ1n) is 5.97. The minimum absolute atomic E-state index is 0.0923. The van der Waals surface area contributed by atoms with Crippen molar-refractivity contribution in [3.05, 3.63) is 18.1 Å². The molecule has 1 aromatic heterocycles. The number of nitrogens with zero attached hydrogens (tertiary/aromatic N) is 3. The van der Waals surface area contributed by atoms with E-state index in [1.165, 1.54) is 12.3 Å². The lowest BCUT2D eigenvalue weighted by Crippen LogP contribution is -2.26. The number of halogens is 3. The molecule has 4 N–H and O–H groups in total. The van der Waals surface area contributed by atoms with Crippen molar-refractivity contribution < 1.29 is 18.3 Å². The van der Waals surface area contributed by atoms with Gasteiger partial charge in [-0.05, 0) is 18.9 Å². The molecule has 0 aliphatic rings. The van der Waals surface area contributed by atoms with Gasteiger partial charge in [0.05, 0.1) is 0 Å². The number of guanidine groups is 1. The van der Waals surface area contributed by atoms with E-state index in [4.69, 9.17) is 10.8 Å². The van der Waals surface area contributed by atoms with E-state index in [9.17, 15) is 13.2 Å². The largest absolute Gasteiger partial charge is 0.408 e. The second kappa shape index (κ2) is 7.63. The number of unbranched alkanes of at least 4 members (excludes halogenated alkanes) is 1. The second-order valence-electron chi connectivity index (χ2n) is 3.98. The van der Waals surface area contributed by atoms with Gasteiger partial charge in [-0.3, -0.25) is 0 Å². The van der Waals surface area contributed by atoms with Gasteiger partial charge in [-0.25, -0.2) is 15.0 Å². The third-order valence-electron chi connectivity index (χ3n) is 2.20. The van der Waals surface area contributed by atoms with E-state index in [0.29, 0.717) is 18.7 Å². The van der Waals surface area contributed by atoms with E-state index in [1.807, 2.05) is 0 Å². The molecule has 0 atom stereocenters. The molecule has 20 heavy (non-hydrogen) atoms. The average molecular weight is 291 g/mol. The van der Waals surface area contributed by atoms with Gasteiger partial charge in [0.2, 0.25) is 0 Å². The Bertz CT molecular complexity index is 450. The van der Waals surface area contributed by atoms with E-state index < -0.39 is 12.7 Å². The number of alkyl halides is 3. The fraction of sp³-hybridized carbons (Fsp3) is 0.545. The van der Waals surface area contributed by atoms with Gasteiger partial charge >= 0.3 is 6.18 Å². The number of rotatable bonds is 6. The van der Waals surface area contributed by atoms with Crippen LogP contribution in [0.1, 0.15) is 18.7 Å². The third kappa shape index (κ3) is 6.88. The van der Waals surface area contributed by atoms with Crippen molar-refractivity contribution >= 4 is 11.8 Å². The van der Waals surface area contributed by atoms with Crippen molar-refractivity contribution in [1.29, 1.82) is 0 Å². The summed E-state index contributed by atoms with van der Waals surface area (Å²) in [5, 5.41) is 11.1. The highest BCUT2D eigenvalue weighted by atomic mass is 19.4. The van der Waals surface area contributed by atoms with Crippen LogP contribution in [0, 0.1) is 0 Å². The number of nitrogens with one attached hydrogen (secondary N) is 1. The van der Waals surface area contributed by atoms with Gasteiger partial charge in [0, 0.05) is 19.2 Å². The van der Waals surface area contributed by atoms with E-state index >= 15 is 0 Å². The highest BCUT2D eigenvalue weighted by molar-refractivity contribution is 5.91. The summed E-state index contributed by atoms with van der Waals surface area (Å²) in [5.41, 5.74) is 5.33. The molecule has 112 valence electrons. The van der Waals surface area contributed by atoms with Crippen LogP contribution in [0.5, 0.6) is 0 Å². The van der Waals surface area contributed by atoms with Crippen molar-refractivity contribution in [1.82, 2.24) is 9.97 Å². The molecule has 0 unspecified atom stereocenters. The van der Waals surface area contributed by atoms with Gasteiger partial charge in [-0.2, -0.15) is 13.2 Å². The topological polar surface area (TPSA) is 96.4 Å². The molecule has 0 fully saturated rings. The van der Waals surface area contributed by atoms with Crippen LogP contribution < -0.4 is 11.1 Å². The number of aliphatic hydroxyl groups excluding tert-OH is 1. The van der Waals surface area contributed by atoms with Crippen molar-refractivity contribution in [3.63, 3.8) is 0 Å². The molecule has 6 nitrogen and oxygen atoms in total. The molecular formula is C11H16F3N5O. The van der Waals surface area contributed by atoms with Crippen LogP contribution in [0.4, 0.5) is 19.0 Å². The molecule has 0 saturated heterocycles. The number of aryl methyl sites for hydroxylation is 1. The van der Waals surface area contributed by atoms with Crippen molar-refractivity contribution in [3.8, 4) is 0 Å². The maximum atomic E-state index is 12.0. The van der Waals surface area contributed by atoms with Crippen LogP contribution in [-0.2, 0) is 6.42 Å². The van der Waals surface area contributed by atoms with Gasteiger partial charge in [0.1, 0.15) is 18.2 Å². The normalized spacial score (nSPS) is 12.5. The first-order valence-corrected chi connectivity index (χ1v) is 5.97. The summed E-state index contributed by atoms with van der Waals surface area (Å²) in [5.74, 6) is 0.442. The number of hydrogen-bond acceptors (Lipinski definition) is 4. The summed E-state index contributed by atoms with van der Waals surface area (Å²) in [6, 6.07) is 1.48. The summed E-state index contributed by atoms with van der Waals surface area (Å²) in [6.07, 6.45) is -1.00. The van der Waals surface area contributed by atoms with Gasteiger partial charge in [-0.1, -0.05) is 0 Å². The summed E-state index contributed by atoms with van der Waals surface area (Å²) >= 11 is 0. The Morgan fingerprint density at radius 2 is 2.15 bits per heavy atom. The Labute approximate surface area is 114 Å². The second-order valence-corrected chi connectivity index (χ2v) is 3.98. The average Bonchev–Trinajstić information content (AvgIpc) is 2.36. The van der Waals surface area contributed by atoms with E-state index in [0.717, 1.165) is 6.42 Å². The Balaban J connectivity index is 2.57. The van der Waals surface area contributed by atoms with E-state index in [1.54, 1.807) is 0 Å². The zero-order chi connectivity index (χ0) is 15.0. The van der Waals surface area contributed by atoms with Crippen LogP contribution in [0.2, 0.25) is 0 Å².